The molecule has 0 radical (unpaired) electrons. The van der Waals surface area contributed by atoms with Crippen molar-refractivity contribution in [3.05, 3.63) is 39.4 Å². The van der Waals surface area contributed by atoms with Crippen LogP contribution in [-0.4, -0.2) is 16.9 Å². The molecule has 2 fully saturated rings. The van der Waals surface area contributed by atoms with E-state index in [-0.39, 0.29) is 17.6 Å². The maximum atomic E-state index is 12.4. The van der Waals surface area contributed by atoms with Crippen LogP contribution in [-0.2, 0) is 0 Å². The molecule has 2 aliphatic rings. The van der Waals surface area contributed by atoms with E-state index in [1.165, 1.54) is 38.2 Å². The number of nitro benzene ring substituents is 1. The molecule has 3 rings (SSSR count). The van der Waals surface area contributed by atoms with Gasteiger partial charge in [-0.2, -0.15) is 0 Å². The smallest absolute Gasteiger partial charge is 0.272 e. The van der Waals surface area contributed by atoms with Gasteiger partial charge in [0, 0.05) is 23.2 Å². The Bertz CT molecular complexity index is 614. The van der Waals surface area contributed by atoms with Gasteiger partial charge in [0.15, 0.2) is 0 Å². The van der Waals surface area contributed by atoms with E-state index in [0.717, 1.165) is 24.7 Å². The van der Waals surface area contributed by atoms with E-state index in [9.17, 15) is 14.9 Å². The largest absolute Gasteiger partial charge is 0.349 e. The number of rotatable bonds is 3. The van der Waals surface area contributed by atoms with Crippen LogP contribution >= 0.6 is 0 Å². The number of nitrogens with one attached hydrogen (secondary N) is 1. The molecule has 3 unspecified atom stereocenters. The molecule has 124 valence electrons. The second-order valence-electron chi connectivity index (χ2n) is 7.05. The summed E-state index contributed by atoms with van der Waals surface area (Å²) in [6.07, 6.45) is 8.69. The van der Waals surface area contributed by atoms with E-state index >= 15 is 0 Å². The molecule has 0 spiro atoms. The summed E-state index contributed by atoms with van der Waals surface area (Å²) < 4.78 is 0. The van der Waals surface area contributed by atoms with Crippen molar-refractivity contribution in [3.8, 4) is 0 Å². The molecular weight excluding hydrogens is 292 g/mol. The third-order valence-corrected chi connectivity index (χ3v) is 5.53. The molecule has 0 bridgehead atoms. The van der Waals surface area contributed by atoms with Crippen molar-refractivity contribution in [2.45, 2.75) is 57.9 Å². The fraction of sp³-hybridized carbons (Fsp3) is 0.611. The van der Waals surface area contributed by atoms with Gasteiger partial charge < -0.3 is 5.32 Å². The standard InChI is InChI=1S/C18H24N2O3/c1-12-10-15(7-9-17(12)20(22)23)18(21)19-16-8-6-13-4-2-3-5-14(13)11-16/h7,9-10,13-14,16H,2-6,8,11H2,1H3,(H,19,21). The number of fused-ring (bicyclic) bond motifs is 1. The van der Waals surface area contributed by atoms with Gasteiger partial charge in [-0.1, -0.05) is 25.7 Å². The Morgan fingerprint density at radius 3 is 2.61 bits per heavy atom. The van der Waals surface area contributed by atoms with Crippen molar-refractivity contribution in [1.82, 2.24) is 5.32 Å². The lowest BCUT2D eigenvalue weighted by atomic mass is 9.69. The molecule has 1 aromatic rings. The lowest BCUT2D eigenvalue weighted by Gasteiger charge is -2.39. The number of carbonyl (C=O) groups excluding carboxylic acids is 1. The molecule has 2 saturated carbocycles. The van der Waals surface area contributed by atoms with Crippen LogP contribution in [0.15, 0.2) is 18.2 Å². The van der Waals surface area contributed by atoms with Crippen molar-refractivity contribution < 1.29 is 9.72 Å². The van der Waals surface area contributed by atoms with Crippen molar-refractivity contribution in [1.29, 1.82) is 0 Å². The zero-order valence-electron chi connectivity index (χ0n) is 13.6. The molecule has 0 aliphatic heterocycles. The summed E-state index contributed by atoms with van der Waals surface area (Å²) >= 11 is 0. The molecule has 5 heteroatoms. The topological polar surface area (TPSA) is 72.2 Å². The molecule has 2 aliphatic carbocycles. The van der Waals surface area contributed by atoms with Crippen LogP contribution in [0, 0.1) is 28.9 Å². The number of amides is 1. The summed E-state index contributed by atoms with van der Waals surface area (Å²) in [5.41, 5.74) is 1.10. The minimum absolute atomic E-state index is 0.0595. The van der Waals surface area contributed by atoms with Gasteiger partial charge in [-0.05, 0) is 50.2 Å². The maximum absolute atomic E-state index is 12.4. The molecule has 0 aromatic heterocycles. The maximum Gasteiger partial charge on any atom is 0.272 e. The third kappa shape index (κ3) is 3.54. The Kier molecular flexibility index (Phi) is 4.64. The van der Waals surface area contributed by atoms with Gasteiger partial charge in [0.05, 0.1) is 4.92 Å². The van der Waals surface area contributed by atoms with Crippen molar-refractivity contribution in [2.24, 2.45) is 11.8 Å². The number of benzene rings is 1. The van der Waals surface area contributed by atoms with Gasteiger partial charge in [-0.25, -0.2) is 0 Å². The second-order valence-corrected chi connectivity index (χ2v) is 7.05. The van der Waals surface area contributed by atoms with Crippen LogP contribution in [0.1, 0.15) is 60.9 Å². The number of hydrogen-bond donors (Lipinski definition) is 1. The number of hydrogen-bond acceptors (Lipinski definition) is 3. The van der Waals surface area contributed by atoms with Gasteiger partial charge in [0.2, 0.25) is 0 Å². The summed E-state index contributed by atoms with van der Waals surface area (Å²) in [4.78, 5) is 22.9. The summed E-state index contributed by atoms with van der Waals surface area (Å²) in [5, 5.41) is 14.0. The van der Waals surface area contributed by atoms with Gasteiger partial charge in [0.1, 0.15) is 0 Å². The Balaban J connectivity index is 1.63. The van der Waals surface area contributed by atoms with E-state index in [2.05, 4.69) is 5.32 Å². The number of nitrogens with zero attached hydrogens (tertiary/aromatic N) is 1. The molecular formula is C18H24N2O3. The molecule has 23 heavy (non-hydrogen) atoms. The quantitative estimate of drug-likeness (QED) is 0.677. The number of carbonyl (C=O) groups is 1. The van der Waals surface area contributed by atoms with Crippen LogP contribution in [0.5, 0.6) is 0 Å². The molecule has 1 aromatic carbocycles. The SMILES string of the molecule is Cc1cc(C(=O)NC2CCC3CCCCC3C2)ccc1[N+](=O)[O-]. The normalized spacial score (nSPS) is 27.1. The van der Waals surface area contributed by atoms with Gasteiger partial charge in [-0.15, -0.1) is 0 Å². The predicted molar refractivity (Wildman–Crippen MR) is 88.4 cm³/mol. The summed E-state index contributed by atoms with van der Waals surface area (Å²) in [6.45, 7) is 1.67. The second kappa shape index (κ2) is 6.69. The fourth-order valence-electron chi connectivity index (χ4n) is 4.27. The Hall–Kier alpha value is -1.91. The van der Waals surface area contributed by atoms with Crippen LogP contribution in [0.2, 0.25) is 0 Å². The molecule has 1 amide bonds. The average Bonchev–Trinajstić information content (AvgIpc) is 2.54. The first-order chi connectivity index (χ1) is 11.0. The predicted octanol–water partition coefficient (Wildman–Crippen LogP) is 3.99. The molecule has 0 saturated heterocycles. The summed E-state index contributed by atoms with van der Waals surface area (Å²) in [7, 11) is 0. The van der Waals surface area contributed by atoms with Crippen LogP contribution < -0.4 is 5.32 Å². The lowest BCUT2D eigenvalue weighted by molar-refractivity contribution is -0.385. The van der Waals surface area contributed by atoms with Crippen molar-refractivity contribution >= 4 is 11.6 Å². The summed E-state index contributed by atoms with van der Waals surface area (Å²) in [5.74, 6) is 1.52. The Morgan fingerprint density at radius 1 is 1.17 bits per heavy atom. The van der Waals surface area contributed by atoms with Crippen LogP contribution in [0.3, 0.4) is 0 Å². The molecule has 0 heterocycles. The minimum atomic E-state index is -0.415. The monoisotopic (exact) mass is 316 g/mol. The van der Waals surface area contributed by atoms with E-state index in [0.29, 0.717) is 11.1 Å². The summed E-state index contributed by atoms with van der Waals surface area (Å²) in [6, 6.07) is 4.83. The fourth-order valence-corrected chi connectivity index (χ4v) is 4.27. The first-order valence-electron chi connectivity index (χ1n) is 8.60. The highest BCUT2D eigenvalue weighted by Gasteiger charge is 2.32. The average molecular weight is 316 g/mol. The Labute approximate surface area is 136 Å². The Morgan fingerprint density at radius 2 is 1.91 bits per heavy atom. The van der Waals surface area contributed by atoms with Crippen LogP contribution in [0.25, 0.3) is 0 Å². The molecule has 5 nitrogen and oxygen atoms in total. The third-order valence-electron chi connectivity index (χ3n) is 5.53. The van der Waals surface area contributed by atoms with Gasteiger partial charge in [-0.3, -0.25) is 14.9 Å². The van der Waals surface area contributed by atoms with Gasteiger partial charge >= 0.3 is 0 Å². The zero-order chi connectivity index (χ0) is 16.4. The molecule has 3 atom stereocenters. The van der Waals surface area contributed by atoms with Crippen LogP contribution in [0.4, 0.5) is 5.69 Å². The highest BCUT2D eigenvalue weighted by molar-refractivity contribution is 5.94. The molecule has 1 N–H and O–H groups in total. The highest BCUT2D eigenvalue weighted by Crippen LogP contribution is 2.40. The van der Waals surface area contributed by atoms with Gasteiger partial charge in [0.25, 0.3) is 11.6 Å². The van der Waals surface area contributed by atoms with Crippen molar-refractivity contribution in [2.75, 3.05) is 0 Å². The number of nitro groups is 1. The number of aryl methyl sites for hydroxylation is 1. The lowest BCUT2D eigenvalue weighted by Crippen LogP contribution is -2.41. The highest BCUT2D eigenvalue weighted by atomic mass is 16.6. The van der Waals surface area contributed by atoms with Crippen molar-refractivity contribution in [3.63, 3.8) is 0 Å². The van der Waals surface area contributed by atoms with E-state index in [1.807, 2.05) is 0 Å². The van der Waals surface area contributed by atoms with E-state index in [4.69, 9.17) is 0 Å². The first-order valence-corrected chi connectivity index (χ1v) is 8.60. The first kappa shape index (κ1) is 16.0. The minimum Gasteiger partial charge on any atom is -0.349 e. The van der Waals surface area contributed by atoms with E-state index in [1.54, 1.807) is 19.1 Å². The zero-order valence-corrected chi connectivity index (χ0v) is 13.6. The van der Waals surface area contributed by atoms with E-state index < -0.39 is 4.92 Å².